The van der Waals surface area contributed by atoms with Crippen LogP contribution >= 0.6 is 0 Å². The summed E-state index contributed by atoms with van der Waals surface area (Å²) in [6.45, 7) is 5.31. The molecule has 0 spiro atoms. The number of hydrogen-bond donors (Lipinski definition) is 1. The van der Waals surface area contributed by atoms with Crippen LogP contribution in [0, 0.1) is 0 Å². The number of carbonyl (C=O) groups excluding carboxylic acids is 1. The van der Waals surface area contributed by atoms with Gasteiger partial charge < -0.3 is 10.1 Å². The average molecular weight is 304 g/mol. The minimum atomic E-state index is 0.176. The lowest BCUT2D eigenvalue weighted by atomic mass is 10.2. The highest BCUT2D eigenvalue weighted by atomic mass is 16.5. The first kappa shape index (κ1) is 15.2. The van der Waals surface area contributed by atoms with E-state index in [2.05, 4.69) is 26.2 Å². The number of amides is 1. The van der Waals surface area contributed by atoms with E-state index in [1.807, 2.05) is 12.3 Å². The summed E-state index contributed by atoms with van der Waals surface area (Å²) in [5, 5.41) is 3.05. The lowest BCUT2D eigenvalue weighted by Gasteiger charge is -2.34. The van der Waals surface area contributed by atoms with E-state index >= 15 is 0 Å². The summed E-state index contributed by atoms with van der Waals surface area (Å²) in [6.07, 6.45) is 4.17. The molecule has 22 heavy (non-hydrogen) atoms. The molecule has 6 heteroatoms. The number of methoxy groups -OCH3 is 1. The summed E-state index contributed by atoms with van der Waals surface area (Å²) < 4.78 is 5.07. The molecule has 2 fully saturated rings. The molecule has 1 amide bonds. The van der Waals surface area contributed by atoms with Crippen molar-refractivity contribution < 1.29 is 9.53 Å². The van der Waals surface area contributed by atoms with E-state index in [0.29, 0.717) is 18.5 Å². The topological polar surface area (TPSA) is 57.7 Å². The monoisotopic (exact) mass is 304 g/mol. The average Bonchev–Trinajstić information content (AvgIpc) is 3.34. The number of ether oxygens (including phenoxy) is 1. The molecular weight excluding hydrogens is 280 g/mol. The van der Waals surface area contributed by atoms with Gasteiger partial charge in [-0.2, -0.15) is 0 Å². The fourth-order valence-electron chi connectivity index (χ4n) is 2.69. The highest BCUT2D eigenvalue weighted by Crippen LogP contribution is 2.18. The van der Waals surface area contributed by atoms with Gasteiger partial charge in [0.1, 0.15) is 0 Å². The molecule has 2 aliphatic rings. The highest BCUT2D eigenvalue weighted by Gasteiger charge is 2.25. The quantitative estimate of drug-likeness (QED) is 0.829. The molecule has 1 aliphatic carbocycles. The normalized spacial score (nSPS) is 19.9. The van der Waals surface area contributed by atoms with Crippen LogP contribution in [0.1, 0.15) is 18.4 Å². The second-order valence-electron chi connectivity index (χ2n) is 6.10. The number of nitrogens with one attached hydrogen (secondary N) is 1. The zero-order valence-corrected chi connectivity index (χ0v) is 13.1. The number of rotatable bonds is 6. The molecule has 3 rings (SSSR count). The van der Waals surface area contributed by atoms with Gasteiger partial charge in [0.15, 0.2) is 0 Å². The van der Waals surface area contributed by atoms with Gasteiger partial charge >= 0.3 is 0 Å². The standard InChI is InChI=1S/C16H24N4O2/c1-22-16-5-2-13(10-17-16)11-19-6-8-20(9-7-19)12-15(21)18-14-3-4-14/h2,5,10,14H,3-4,6-9,11-12H2,1H3,(H,18,21). The molecule has 0 atom stereocenters. The van der Waals surface area contributed by atoms with E-state index in [4.69, 9.17) is 4.74 Å². The minimum Gasteiger partial charge on any atom is -0.481 e. The van der Waals surface area contributed by atoms with Crippen molar-refractivity contribution in [2.45, 2.75) is 25.4 Å². The van der Waals surface area contributed by atoms with Crippen molar-refractivity contribution in [1.29, 1.82) is 0 Å². The van der Waals surface area contributed by atoms with E-state index < -0.39 is 0 Å². The molecule has 0 aromatic carbocycles. The zero-order chi connectivity index (χ0) is 15.4. The fourth-order valence-corrected chi connectivity index (χ4v) is 2.69. The molecule has 1 aliphatic heterocycles. The molecule has 120 valence electrons. The maximum absolute atomic E-state index is 11.8. The maximum Gasteiger partial charge on any atom is 0.234 e. The van der Waals surface area contributed by atoms with Crippen LogP contribution in [0.5, 0.6) is 5.88 Å². The molecule has 2 heterocycles. The van der Waals surface area contributed by atoms with Crippen molar-refractivity contribution in [3.8, 4) is 5.88 Å². The first-order valence-electron chi connectivity index (χ1n) is 7.96. The molecule has 1 N–H and O–H groups in total. The Bertz CT molecular complexity index is 493. The Morgan fingerprint density at radius 2 is 2.00 bits per heavy atom. The van der Waals surface area contributed by atoms with Crippen LogP contribution in [0.25, 0.3) is 0 Å². The van der Waals surface area contributed by atoms with Crippen LogP contribution in [0.4, 0.5) is 0 Å². The minimum absolute atomic E-state index is 0.176. The van der Waals surface area contributed by atoms with E-state index in [-0.39, 0.29) is 5.91 Å². The molecule has 6 nitrogen and oxygen atoms in total. The van der Waals surface area contributed by atoms with Crippen LogP contribution < -0.4 is 10.1 Å². The summed E-state index contributed by atoms with van der Waals surface area (Å²) in [5.74, 6) is 0.825. The second kappa shape index (κ2) is 7.07. The van der Waals surface area contributed by atoms with Crippen molar-refractivity contribution in [2.75, 3.05) is 39.8 Å². The Morgan fingerprint density at radius 3 is 2.59 bits per heavy atom. The molecule has 1 saturated carbocycles. The lowest BCUT2D eigenvalue weighted by molar-refractivity contribution is -0.122. The van der Waals surface area contributed by atoms with Crippen molar-refractivity contribution in [3.63, 3.8) is 0 Å². The number of piperazine rings is 1. The number of nitrogens with zero attached hydrogens (tertiary/aromatic N) is 3. The van der Waals surface area contributed by atoms with Gasteiger partial charge in [-0.3, -0.25) is 14.6 Å². The van der Waals surface area contributed by atoms with Gasteiger partial charge in [0, 0.05) is 51.0 Å². The summed E-state index contributed by atoms with van der Waals surface area (Å²) in [7, 11) is 1.63. The zero-order valence-electron chi connectivity index (χ0n) is 13.1. The smallest absolute Gasteiger partial charge is 0.234 e. The third-order valence-corrected chi connectivity index (χ3v) is 4.19. The number of aromatic nitrogens is 1. The number of hydrogen-bond acceptors (Lipinski definition) is 5. The molecule has 1 aromatic rings. The summed E-state index contributed by atoms with van der Waals surface area (Å²) in [6, 6.07) is 4.41. The first-order valence-corrected chi connectivity index (χ1v) is 7.96. The summed E-state index contributed by atoms with van der Waals surface area (Å²) >= 11 is 0. The highest BCUT2D eigenvalue weighted by molar-refractivity contribution is 5.78. The largest absolute Gasteiger partial charge is 0.481 e. The lowest BCUT2D eigenvalue weighted by Crippen LogP contribution is -2.49. The molecule has 1 saturated heterocycles. The van der Waals surface area contributed by atoms with Gasteiger partial charge in [-0.05, 0) is 18.4 Å². The number of pyridine rings is 1. The van der Waals surface area contributed by atoms with Gasteiger partial charge in [-0.15, -0.1) is 0 Å². The van der Waals surface area contributed by atoms with Crippen LogP contribution in [0.2, 0.25) is 0 Å². The summed E-state index contributed by atoms with van der Waals surface area (Å²) in [5.41, 5.74) is 1.20. The molecule has 0 radical (unpaired) electrons. The van der Waals surface area contributed by atoms with E-state index in [9.17, 15) is 4.79 Å². The predicted octanol–water partition coefficient (Wildman–Crippen LogP) is 0.486. The fraction of sp³-hybridized carbons (Fsp3) is 0.625. The van der Waals surface area contributed by atoms with Gasteiger partial charge in [0.25, 0.3) is 0 Å². The van der Waals surface area contributed by atoms with E-state index in [0.717, 1.165) is 45.6 Å². The van der Waals surface area contributed by atoms with E-state index in [1.54, 1.807) is 7.11 Å². The third kappa shape index (κ3) is 4.42. The Hall–Kier alpha value is -1.66. The van der Waals surface area contributed by atoms with Crippen LogP contribution in [0.3, 0.4) is 0 Å². The third-order valence-electron chi connectivity index (χ3n) is 4.19. The van der Waals surface area contributed by atoms with Gasteiger partial charge in [0.2, 0.25) is 11.8 Å². The maximum atomic E-state index is 11.8. The first-order chi connectivity index (χ1) is 10.7. The Labute approximate surface area is 131 Å². The Morgan fingerprint density at radius 1 is 1.27 bits per heavy atom. The van der Waals surface area contributed by atoms with Crippen molar-refractivity contribution in [1.82, 2.24) is 20.1 Å². The van der Waals surface area contributed by atoms with Crippen LogP contribution in [-0.2, 0) is 11.3 Å². The SMILES string of the molecule is COc1ccc(CN2CCN(CC(=O)NC3CC3)CC2)cn1. The van der Waals surface area contributed by atoms with Crippen molar-refractivity contribution >= 4 is 5.91 Å². The van der Waals surface area contributed by atoms with Crippen LogP contribution in [-0.4, -0.2) is 66.6 Å². The van der Waals surface area contributed by atoms with Crippen LogP contribution in [0.15, 0.2) is 18.3 Å². The summed E-state index contributed by atoms with van der Waals surface area (Å²) in [4.78, 5) is 20.7. The Balaban J connectivity index is 1.39. The van der Waals surface area contributed by atoms with Gasteiger partial charge in [-0.25, -0.2) is 4.98 Å². The molecular formula is C16H24N4O2. The second-order valence-corrected chi connectivity index (χ2v) is 6.10. The van der Waals surface area contributed by atoms with Crippen molar-refractivity contribution in [2.24, 2.45) is 0 Å². The molecule has 1 aromatic heterocycles. The predicted molar refractivity (Wildman–Crippen MR) is 83.7 cm³/mol. The van der Waals surface area contributed by atoms with E-state index in [1.165, 1.54) is 5.56 Å². The molecule has 0 bridgehead atoms. The van der Waals surface area contributed by atoms with Crippen molar-refractivity contribution in [3.05, 3.63) is 23.9 Å². The number of carbonyl (C=O) groups is 1. The Kier molecular flexibility index (Phi) is 4.90. The van der Waals surface area contributed by atoms with Gasteiger partial charge in [-0.1, -0.05) is 6.07 Å². The molecule has 0 unspecified atom stereocenters. The van der Waals surface area contributed by atoms with Gasteiger partial charge in [0.05, 0.1) is 13.7 Å².